The Morgan fingerprint density at radius 3 is 2.80 bits per heavy atom. The van der Waals surface area contributed by atoms with E-state index in [2.05, 4.69) is 6.92 Å². The summed E-state index contributed by atoms with van der Waals surface area (Å²) in [7, 11) is -0.643. The van der Waals surface area contributed by atoms with Crippen LogP contribution >= 0.6 is 0 Å². The van der Waals surface area contributed by atoms with Crippen LogP contribution in [0.4, 0.5) is 0 Å². The van der Waals surface area contributed by atoms with Gasteiger partial charge >= 0.3 is 0 Å². The standard InChI is InChI=1S/C7H15NOS/c1-6-2-3-7(8)5-10(9)4-6/h6-7H,2-5,8H2,1H3. The van der Waals surface area contributed by atoms with Gasteiger partial charge < -0.3 is 5.73 Å². The first-order valence-electron chi connectivity index (χ1n) is 3.79. The van der Waals surface area contributed by atoms with Crippen LogP contribution in [-0.2, 0) is 10.8 Å². The highest BCUT2D eigenvalue weighted by Gasteiger charge is 2.17. The highest BCUT2D eigenvalue weighted by Crippen LogP contribution is 2.14. The SMILES string of the molecule is CC1CCC(N)CS(=O)C1. The van der Waals surface area contributed by atoms with Gasteiger partial charge in [-0.1, -0.05) is 6.92 Å². The molecule has 0 radical (unpaired) electrons. The van der Waals surface area contributed by atoms with Crippen LogP contribution in [0.25, 0.3) is 0 Å². The summed E-state index contributed by atoms with van der Waals surface area (Å²) in [5, 5.41) is 0. The second-order valence-electron chi connectivity index (χ2n) is 3.22. The summed E-state index contributed by atoms with van der Waals surface area (Å²) < 4.78 is 11.1. The molecule has 1 aliphatic heterocycles. The van der Waals surface area contributed by atoms with E-state index in [0.717, 1.165) is 18.6 Å². The lowest BCUT2D eigenvalue weighted by Gasteiger charge is -2.04. The minimum atomic E-state index is -0.643. The molecule has 60 valence electrons. The molecule has 3 heteroatoms. The molecule has 0 aromatic rings. The average molecular weight is 161 g/mol. The summed E-state index contributed by atoms with van der Waals surface area (Å²) in [6.45, 7) is 2.15. The van der Waals surface area contributed by atoms with Gasteiger partial charge in [-0.3, -0.25) is 4.21 Å². The monoisotopic (exact) mass is 161 g/mol. The van der Waals surface area contributed by atoms with Crippen molar-refractivity contribution in [3.05, 3.63) is 0 Å². The number of hydrogen-bond donors (Lipinski definition) is 1. The molecule has 0 aliphatic carbocycles. The maximum Gasteiger partial charge on any atom is 0.0386 e. The molecule has 1 saturated heterocycles. The van der Waals surface area contributed by atoms with Crippen molar-refractivity contribution in [3.63, 3.8) is 0 Å². The highest BCUT2D eigenvalue weighted by atomic mass is 32.2. The third-order valence-electron chi connectivity index (χ3n) is 1.90. The molecule has 2 N–H and O–H groups in total. The van der Waals surface area contributed by atoms with E-state index < -0.39 is 10.8 Å². The van der Waals surface area contributed by atoms with Crippen molar-refractivity contribution in [2.75, 3.05) is 11.5 Å². The van der Waals surface area contributed by atoms with Crippen LogP contribution in [-0.4, -0.2) is 21.8 Å². The van der Waals surface area contributed by atoms with Crippen LogP contribution in [0.15, 0.2) is 0 Å². The molecule has 2 nitrogen and oxygen atoms in total. The summed E-state index contributed by atoms with van der Waals surface area (Å²) in [6.07, 6.45) is 2.19. The fraction of sp³-hybridized carbons (Fsp3) is 1.00. The molecule has 0 spiro atoms. The topological polar surface area (TPSA) is 43.1 Å². The van der Waals surface area contributed by atoms with Crippen LogP contribution < -0.4 is 5.73 Å². The molecule has 1 fully saturated rings. The van der Waals surface area contributed by atoms with Crippen molar-refractivity contribution in [3.8, 4) is 0 Å². The zero-order valence-electron chi connectivity index (χ0n) is 6.38. The second kappa shape index (κ2) is 3.49. The van der Waals surface area contributed by atoms with Crippen molar-refractivity contribution in [1.29, 1.82) is 0 Å². The summed E-state index contributed by atoms with van der Waals surface area (Å²) >= 11 is 0. The molecule has 0 aromatic heterocycles. The summed E-state index contributed by atoms with van der Waals surface area (Å²) in [5.41, 5.74) is 5.69. The van der Waals surface area contributed by atoms with Gasteiger partial charge in [-0.15, -0.1) is 0 Å². The third-order valence-corrected chi connectivity index (χ3v) is 3.64. The Kier molecular flexibility index (Phi) is 2.86. The summed E-state index contributed by atoms with van der Waals surface area (Å²) in [6, 6.07) is 0.186. The average Bonchev–Trinajstić information content (AvgIpc) is 1.93. The van der Waals surface area contributed by atoms with Crippen LogP contribution in [0, 0.1) is 5.92 Å². The van der Waals surface area contributed by atoms with Crippen LogP contribution in [0.1, 0.15) is 19.8 Å². The van der Waals surface area contributed by atoms with Gasteiger partial charge in [0.1, 0.15) is 0 Å². The summed E-state index contributed by atoms with van der Waals surface area (Å²) in [5.74, 6) is 2.17. The Morgan fingerprint density at radius 2 is 2.10 bits per heavy atom. The van der Waals surface area contributed by atoms with Crippen LogP contribution in [0.2, 0.25) is 0 Å². The molecule has 0 amide bonds. The van der Waals surface area contributed by atoms with Crippen molar-refractivity contribution >= 4 is 10.8 Å². The van der Waals surface area contributed by atoms with E-state index >= 15 is 0 Å². The Balaban J connectivity index is 2.46. The van der Waals surface area contributed by atoms with E-state index in [0.29, 0.717) is 11.7 Å². The minimum absolute atomic E-state index is 0.186. The lowest BCUT2D eigenvalue weighted by molar-refractivity contribution is 0.535. The maximum atomic E-state index is 11.1. The highest BCUT2D eigenvalue weighted by molar-refractivity contribution is 7.85. The molecule has 1 rings (SSSR count). The zero-order valence-corrected chi connectivity index (χ0v) is 7.19. The first-order valence-corrected chi connectivity index (χ1v) is 5.28. The third kappa shape index (κ3) is 2.39. The van der Waals surface area contributed by atoms with Gasteiger partial charge in [-0.2, -0.15) is 0 Å². The fourth-order valence-corrected chi connectivity index (χ4v) is 2.87. The van der Waals surface area contributed by atoms with Gasteiger partial charge in [-0.05, 0) is 18.8 Å². The zero-order chi connectivity index (χ0) is 7.56. The maximum absolute atomic E-state index is 11.1. The molecular weight excluding hydrogens is 146 g/mol. The number of nitrogens with two attached hydrogens (primary N) is 1. The van der Waals surface area contributed by atoms with Gasteiger partial charge in [0.05, 0.1) is 0 Å². The molecule has 0 saturated carbocycles. The molecule has 1 heterocycles. The van der Waals surface area contributed by atoms with E-state index in [4.69, 9.17) is 5.73 Å². The number of rotatable bonds is 0. The molecule has 3 unspecified atom stereocenters. The smallest absolute Gasteiger partial charge is 0.0386 e. The fourth-order valence-electron chi connectivity index (χ4n) is 1.29. The normalized spacial score (nSPS) is 42.8. The van der Waals surface area contributed by atoms with Gasteiger partial charge in [-0.25, -0.2) is 0 Å². The lowest BCUT2D eigenvalue weighted by Crippen LogP contribution is -2.25. The predicted molar refractivity (Wildman–Crippen MR) is 44.2 cm³/mol. The Morgan fingerprint density at radius 1 is 1.40 bits per heavy atom. The Labute approximate surface area is 64.6 Å². The molecule has 1 aliphatic rings. The molecule has 0 bridgehead atoms. The first-order chi connectivity index (χ1) is 4.68. The van der Waals surface area contributed by atoms with Gasteiger partial charge in [0.2, 0.25) is 0 Å². The molecule has 10 heavy (non-hydrogen) atoms. The van der Waals surface area contributed by atoms with Gasteiger partial charge in [0, 0.05) is 28.3 Å². The van der Waals surface area contributed by atoms with Crippen LogP contribution in [0.5, 0.6) is 0 Å². The van der Waals surface area contributed by atoms with Crippen LogP contribution in [0.3, 0.4) is 0 Å². The van der Waals surface area contributed by atoms with E-state index in [-0.39, 0.29) is 6.04 Å². The minimum Gasteiger partial charge on any atom is -0.327 e. The number of hydrogen-bond acceptors (Lipinski definition) is 2. The Hall–Kier alpha value is 0.110. The van der Waals surface area contributed by atoms with Crippen molar-refractivity contribution in [2.24, 2.45) is 11.7 Å². The van der Waals surface area contributed by atoms with E-state index in [1.807, 2.05) is 0 Å². The Bertz CT molecular complexity index is 124. The quantitative estimate of drug-likeness (QED) is 0.562. The van der Waals surface area contributed by atoms with Crippen molar-refractivity contribution in [1.82, 2.24) is 0 Å². The summed E-state index contributed by atoms with van der Waals surface area (Å²) in [4.78, 5) is 0. The molecular formula is C7H15NOS. The van der Waals surface area contributed by atoms with E-state index in [9.17, 15) is 4.21 Å². The van der Waals surface area contributed by atoms with E-state index in [1.54, 1.807) is 0 Å². The molecule has 3 atom stereocenters. The van der Waals surface area contributed by atoms with E-state index in [1.165, 1.54) is 0 Å². The largest absolute Gasteiger partial charge is 0.327 e. The van der Waals surface area contributed by atoms with Crippen molar-refractivity contribution in [2.45, 2.75) is 25.8 Å². The predicted octanol–water partition coefficient (Wildman–Crippen LogP) is 0.492. The van der Waals surface area contributed by atoms with Gasteiger partial charge in [0.25, 0.3) is 0 Å². The first kappa shape index (κ1) is 8.21. The lowest BCUT2D eigenvalue weighted by atomic mass is 10.1. The van der Waals surface area contributed by atoms with Gasteiger partial charge in [0.15, 0.2) is 0 Å². The van der Waals surface area contributed by atoms with Crippen molar-refractivity contribution < 1.29 is 4.21 Å². The molecule has 0 aromatic carbocycles. The second-order valence-corrected chi connectivity index (χ2v) is 4.76.